The summed E-state index contributed by atoms with van der Waals surface area (Å²) in [7, 11) is 1.30. The molecule has 2 rings (SSSR count). The Labute approximate surface area is 90.8 Å². The second-order valence-corrected chi connectivity index (χ2v) is 2.93. The Morgan fingerprint density at radius 2 is 2.38 bits per heavy atom. The summed E-state index contributed by atoms with van der Waals surface area (Å²) in [6.07, 6.45) is -0.523. The van der Waals surface area contributed by atoms with Gasteiger partial charge in [-0.1, -0.05) is 12.1 Å². The Morgan fingerprint density at radius 3 is 3.06 bits per heavy atom. The van der Waals surface area contributed by atoms with E-state index in [2.05, 4.69) is 30.7 Å². The fraction of sp³-hybridized carbons (Fsp3) is 0.111. The van der Waals surface area contributed by atoms with E-state index in [1.807, 2.05) is 6.07 Å². The van der Waals surface area contributed by atoms with Crippen molar-refractivity contribution in [1.29, 1.82) is 0 Å². The molecule has 0 aliphatic heterocycles. The Balaban J connectivity index is 2.23. The molecule has 1 aromatic carbocycles. The molecule has 16 heavy (non-hydrogen) atoms. The number of aromatic amines is 1. The van der Waals surface area contributed by atoms with Gasteiger partial charge in [0.2, 0.25) is 5.82 Å². The second-order valence-electron chi connectivity index (χ2n) is 2.93. The van der Waals surface area contributed by atoms with Crippen LogP contribution in [0.2, 0.25) is 0 Å². The minimum Gasteiger partial charge on any atom is -0.453 e. The van der Waals surface area contributed by atoms with Crippen molar-refractivity contribution in [1.82, 2.24) is 20.6 Å². The van der Waals surface area contributed by atoms with Crippen molar-refractivity contribution in [2.24, 2.45) is 0 Å². The van der Waals surface area contributed by atoms with Gasteiger partial charge in [0.1, 0.15) is 0 Å². The topological polar surface area (TPSA) is 92.8 Å². The number of rotatable bonds is 2. The first kappa shape index (κ1) is 10.1. The van der Waals surface area contributed by atoms with E-state index >= 15 is 0 Å². The summed E-state index contributed by atoms with van der Waals surface area (Å²) in [6, 6.07) is 7.05. The van der Waals surface area contributed by atoms with Crippen molar-refractivity contribution in [3.63, 3.8) is 0 Å². The fourth-order valence-corrected chi connectivity index (χ4v) is 1.19. The number of amides is 1. The number of nitrogens with one attached hydrogen (secondary N) is 2. The number of H-pyrrole nitrogens is 1. The Morgan fingerprint density at radius 1 is 1.50 bits per heavy atom. The smallest absolute Gasteiger partial charge is 0.411 e. The molecule has 1 aromatic heterocycles. The van der Waals surface area contributed by atoms with Crippen LogP contribution in [-0.4, -0.2) is 33.8 Å². The van der Waals surface area contributed by atoms with E-state index in [4.69, 9.17) is 0 Å². The number of nitrogens with zero attached hydrogens (tertiary/aromatic N) is 3. The molecule has 0 unspecified atom stereocenters. The molecule has 0 aliphatic rings. The zero-order valence-corrected chi connectivity index (χ0v) is 8.47. The van der Waals surface area contributed by atoms with Crippen LogP contribution in [0.1, 0.15) is 0 Å². The van der Waals surface area contributed by atoms with E-state index in [1.165, 1.54) is 7.11 Å². The van der Waals surface area contributed by atoms with Gasteiger partial charge >= 0.3 is 6.09 Å². The molecule has 0 aliphatic carbocycles. The van der Waals surface area contributed by atoms with Gasteiger partial charge in [-0.15, -0.1) is 10.2 Å². The maximum atomic E-state index is 11.0. The van der Waals surface area contributed by atoms with Crippen LogP contribution >= 0.6 is 0 Å². The van der Waals surface area contributed by atoms with Crippen LogP contribution in [0.5, 0.6) is 0 Å². The number of ether oxygens (including phenoxy) is 1. The summed E-state index contributed by atoms with van der Waals surface area (Å²) in [5.41, 5.74) is 1.36. The number of aromatic nitrogens is 4. The van der Waals surface area contributed by atoms with Gasteiger partial charge in [0.15, 0.2) is 0 Å². The number of benzene rings is 1. The third-order valence-electron chi connectivity index (χ3n) is 1.90. The van der Waals surface area contributed by atoms with Crippen molar-refractivity contribution in [3.05, 3.63) is 24.3 Å². The Hall–Kier alpha value is -2.44. The predicted molar refractivity (Wildman–Crippen MR) is 55.6 cm³/mol. The predicted octanol–water partition coefficient (Wildman–Crippen LogP) is 1.04. The molecule has 0 atom stereocenters. The van der Waals surface area contributed by atoms with Crippen molar-refractivity contribution >= 4 is 11.8 Å². The van der Waals surface area contributed by atoms with Crippen LogP contribution in [-0.2, 0) is 4.74 Å². The van der Waals surface area contributed by atoms with E-state index in [1.54, 1.807) is 18.2 Å². The minimum atomic E-state index is -0.523. The molecule has 7 nitrogen and oxygen atoms in total. The summed E-state index contributed by atoms with van der Waals surface area (Å²) in [6.45, 7) is 0. The summed E-state index contributed by atoms with van der Waals surface area (Å²) in [5.74, 6) is 0.466. The summed E-state index contributed by atoms with van der Waals surface area (Å²) >= 11 is 0. The molecule has 82 valence electrons. The quantitative estimate of drug-likeness (QED) is 0.787. The summed E-state index contributed by atoms with van der Waals surface area (Å²) in [5, 5.41) is 16.0. The molecule has 0 radical (unpaired) electrons. The standard InChI is InChI=1S/C9H9N5O2/c1-16-9(15)10-7-4-2-3-6(5-7)8-11-13-14-12-8/h2-5H,1H3,(H,10,15)(H,11,12,13,14). The average Bonchev–Trinajstić information content (AvgIpc) is 2.83. The van der Waals surface area contributed by atoms with E-state index in [9.17, 15) is 4.79 Å². The summed E-state index contributed by atoms with van der Waals surface area (Å²) < 4.78 is 4.48. The van der Waals surface area contributed by atoms with Gasteiger partial charge in [0.05, 0.1) is 7.11 Å². The van der Waals surface area contributed by atoms with Gasteiger partial charge in [-0.3, -0.25) is 5.32 Å². The maximum Gasteiger partial charge on any atom is 0.411 e. The number of hydrogen-bond donors (Lipinski definition) is 2. The highest BCUT2D eigenvalue weighted by Crippen LogP contribution is 2.18. The lowest BCUT2D eigenvalue weighted by Crippen LogP contribution is -2.10. The van der Waals surface area contributed by atoms with E-state index in [0.717, 1.165) is 5.56 Å². The Kier molecular flexibility index (Phi) is 2.77. The molecular formula is C9H9N5O2. The van der Waals surface area contributed by atoms with Crippen LogP contribution in [0.25, 0.3) is 11.4 Å². The fourth-order valence-electron chi connectivity index (χ4n) is 1.19. The highest BCUT2D eigenvalue weighted by atomic mass is 16.5. The molecule has 2 N–H and O–H groups in total. The van der Waals surface area contributed by atoms with Crippen LogP contribution in [0.4, 0.5) is 10.5 Å². The zero-order chi connectivity index (χ0) is 11.4. The Bertz CT molecular complexity index is 482. The molecule has 1 heterocycles. The third kappa shape index (κ3) is 2.14. The molecule has 0 saturated carbocycles. The van der Waals surface area contributed by atoms with Gasteiger partial charge in [-0.05, 0) is 17.3 Å². The SMILES string of the molecule is COC(=O)Nc1cccc(-c2nn[nH]n2)c1. The summed E-state index contributed by atoms with van der Waals surface area (Å²) in [4.78, 5) is 11.0. The number of carbonyl (C=O) groups is 1. The number of hydrogen-bond acceptors (Lipinski definition) is 5. The number of carbonyl (C=O) groups excluding carboxylic acids is 1. The van der Waals surface area contributed by atoms with Gasteiger partial charge in [0.25, 0.3) is 0 Å². The first-order valence-corrected chi connectivity index (χ1v) is 4.48. The lowest BCUT2D eigenvalue weighted by atomic mass is 10.2. The number of anilines is 1. The monoisotopic (exact) mass is 219 g/mol. The van der Waals surface area contributed by atoms with Crippen molar-refractivity contribution < 1.29 is 9.53 Å². The normalized spacial score (nSPS) is 9.81. The second kappa shape index (κ2) is 4.39. The number of methoxy groups -OCH3 is 1. The van der Waals surface area contributed by atoms with Crippen LogP contribution in [0, 0.1) is 0 Å². The van der Waals surface area contributed by atoms with Crippen molar-refractivity contribution in [2.75, 3.05) is 12.4 Å². The third-order valence-corrected chi connectivity index (χ3v) is 1.90. The molecule has 7 heteroatoms. The largest absolute Gasteiger partial charge is 0.453 e. The first-order valence-electron chi connectivity index (χ1n) is 4.48. The highest BCUT2D eigenvalue weighted by molar-refractivity contribution is 5.85. The molecule has 0 fully saturated rings. The lowest BCUT2D eigenvalue weighted by molar-refractivity contribution is 0.187. The number of tetrazole rings is 1. The van der Waals surface area contributed by atoms with Crippen molar-refractivity contribution in [2.45, 2.75) is 0 Å². The van der Waals surface area contributed by atoms with E-state index in [0.29, 0.717) is 11.5 Å². The van der Waals surface area contributed by atoms with Gasteiger partial charge in [-0.2, -0.15) is 5.21 Å². The minimum absolute atomic E-state index is 0.466. The van der Waals surface area contributed by atoms with Gasteiger partial charge in [0, 0.05) is 11.3 Å². The zero-order valence-electron chi connectivity index (χ0n) is 8.47. The highest BCUT2D eigenvalue weighted by Gasteiger charge is 2.05. The molecular weight excluding hydrogens is 210 g/mol. The van der Waals surface area contributed by atoms with Crippen molar-refractivity contribution in [3.8, 4) is 11.4 Å². The molecule has 0 bridgehead atoms. The van der Waals surface area contributed by atoms with Crippen LogP contribution < -0.4 is 5.32 Å². The average molecular weight is 219 g/mol. The first-order chi connectivity index (χ1) is 7.79. The van der Waals surface area contributed by atoms with E-state index in [-0.39, 0.29) is 0 Å². The lowest BCUT2D eigenvalue weighted by Gasteiger charge is -2.03. The van der Waals surface area contributed by atoms with Crippen LogP contribution in [0.3, 0.4) is 0 Å². The van der Waals surface area contributed by atoms with Gasteiger partial charge < -0.3 is 4.74 Å². The molecule has 2 aromatic rings. The maximum absolute atomic E-state index is 11.0. The molecule has 1 amide bonds. The van der Waals surface area contributed by atoms with Gasteiger partial charge in [-0.25, -0.2) is 4.79 Å². The molecule has 0 saturated heterocycles. The van der Waals surface area contributed by atoms with Crippen LogP contribution in [0.15, 0.2) is 24.3 Å². The van der Waals surface area contributed by atoms with E-state index < -0.39 is 6.09 Å². The molecule has 0 spiro atoms.